The largest absolute Gasteiger partial charge is 0.294 e. The third kappa shape index (κ3) is 7.27. The van der Waals surface area contributed by atoms with Crippen LogP contribution in [0.4, 0.5) is 0 Å². The molecule has 0 N–H and O–H groups in total. The van der Waals surface area contributed by atoms with Crippen LogP contribution in [0, 0.1) is 0 Å². The van der Waals surface area contributed by atoms with Gasteiger partial charge in [0, 0.05) is 29.6 Å². The van der Waals surface area contributed by atoms with E-state index in [-0.39, 0.29) is 35.3 Å². The molecule has 0 rings (SSSR count). The van der Waals surface area contributed by atoms with Gasteiger partial charge in [-0.1, -0.05) is 11.3 Å². The average molecular weight is 198 g/mol. The zero-order chi connectivity index (χ0) is 7.33. The van der Waals surface area contributed by atoms with E-state index in [4.69, 9.17) is 0 Å². The fraction of sp³-hybridized carbons (Fsp3) is 1.00. The van der Waals surface area contributed by atoms with E-state index < -0.39 is 10.1 Å². The van der Waals surface area contributed by atoms with Crippen molar-refractivity contribution in [2.75, 3.05) is 5.75 Å². The van der Waals surface area contributed by atoms with Crippen LogP contribution >= 0.6 is 11.9 Å². The third-order valence-corrected chi connectivity index (χ3v) is 1.90. The summed E-state index contributed by atoms with van der Waals surface area (Å²) in [5.41, 5.74) is 0. The van der Waals surface area contributed by atoms with Gasteiger partial charge in [0.2, 0.25) is 0 Å². The molecule has 1 radical (unpaired) electrons. The predicted octanol–water partition coefficient (Wildman–Crippen LogP) is 0.447. The first-order chi connectivity index (χ1) is 4.12. The maximum absolute atomic E-state index is 10.4. The SMILES string of the molecule is CCCS(=O)(=O)OOCl.[Na]. The van der Waals surface area contributed by atoms with Crippen LogP contribution in [0.25, 0.3) is 0 Å². The zero-order valence-electron chi connectivity index (χ0n) is 5.83. The standard InChI is InChI=1S/C3H7ClO4S.Na/c1-2-3-9(5,6)8-7-4;/h2-3H2,1H3;. The normalized spacial score (nSPS) is 10.6. The molecule has 0 aliphatic heterocycles. The van der Waals surface area contributed by atoms with Gasteiger partial charge in [-0.3, -0.25) is 0 Å². The molecule has 0 fully saturated rings. The Morgan fingerprint density at radius 3 is 2.30 bits per heavy atom. The van der Waals surface area contributed by atoms with Gasteiger partial charge >= 0.3 is 0 Å². The molecule has 0 aromatic heterocycles. The monoisotopic (exact) mass is 197 g/mol. The molecule has 0 unspecified atom stereocenters. The maximum Gasteiger partial charge on any atom is 0.294 e. The molecule has 0 bridgehead atoms. The quantitative estimate of drug-likeness (QED) is 0.373. The summed E-state index contributed by atoms with van der Waals surface area (Å²) in [6.07, 6.45) is 0.475. The topological polar surface area (TPSA) is 52.6 Å². The molecule has 0 heterocycles. The minimum atomic E-state index is -3.54. The second kappa shape index (κ2) is 6.84. The van der Waals surface area contributed by atoms with Crippen LogP contribution in [0.1, 0.15) is 13.3 Å². The van der Waals surface area contributed by atoms with Gasteiger partial charge in [-0.2, -0.15) is 8.42 Å². The minimum absolute atomic E-state index is 0. The minimum Gasteiger partial charge on any atom is -0.197 e. The first kappa shape index (κ1) is 13.7. The van der Waals surface area contributed by atoms with Crippen LogP contribution in [0.15, 0.2) is 0 Å². The summed E-state index contributed by atoms with van der Waals surface area (Å²) in [5.74, 6) is -0.0836. The van der Waals surface area contributed by atoms with Crippen molar-refractivity contribution < 1.29 is 17.2 Å². The Morgan fingerprint density at radius 1 is 1.50 bits per heavy atom. The molecule has 0 saturated heterocycles. The van der Waals surface area contributed by atoms with Crippen molar-refractivity contribution in [3.8, 4) is 0 Å². The zero-order valence-corrected chi connectivity index (χ0v) is 9.41. The fourth-order valence-electron chi connectivity index (χ4n) is 0.323. The number of hydrogen-bond donors (Lipinski definition) is 0. The predicted molar refractivity (Wildman–Crippen MR) is 37.9 cm³/mol. The Labute approximate surface area is 87.3 Å². The Kier molecular flexibility index (Phi) is 9.40. The number of rotatable bonds is 4. The van der Waals surface area contributed by atoms with Crippen LogP contribution in [-0.2, 0) is 18.9 Å². The van der Waals surface area contributed by atoms with Crippen LogP contribution < -0.4 is 0 Å². The summed E-state index contributed by atoms with van der Waals surface area (Å²) in [5, 5.41) is 0. The van der Waals surface area contributed by atoms with Gasteiger partial charge in [0.05, 0.1) is 5.75 Å². The van der Waals surface area contributed by atoms with Crippen LogP contribution in [0.3, 0.4) is 0 Å². The van der Waals surface area contributed by atoms with Gasteiger partial charge in [-0.05, 0) is 6.42 Å². The molecule has 0 amide bonds. The van der Waals surface area contributed by atoms with Gasteiger partial charge in [0.1, 0.15) is 11.9 Å². The number of hydrogen-bond acceptors (Lipinski definition) is 4. The van der Waals surface area contributed by atoms with Crippen molar-refractivity contribution >= 4 is 51.5 Å². The van der Waals surface area contributed by atoms with Gasteiger partial charge < -0.3 is 0 Å². The van der Waals surface area contributed by atoms with Crippen molar-refractivity contribution in [3.05, 3.63) is 0 Å². The Hall–Kier alpha value is 1.16. The first-order valence-corrected chi connectivity index (χ1v) is 4.20. The van der Waals surface area contributed by atoms with E-state index in [2.05, 4.69) is 20.6 Å². The van der Waals surface area contributed by atoms with Gasteiger partial charge in [-0.15, -0.1) is 4.44 Å². The van der Waals surface area contributed by atoms with Crippen LogP contribution in [-0.4, -0.2) is 43.7 Å². The maximum atomic E-state index is 10.4. The van der Waals surface area contributed by atoms with E-state index in [0.29, 0.717) is 6.42 Å². The molecule has 0 aliphatic rings. The Morgan fingerprint density at radius 2 is 2.00 bits per heavy atom. The van der Waals surface area contributed by atoms with Crippen LogP contribution in [0.2, 0.25) is 0 Å². The molecular weight excluding hydrogens is 191 g/mol. The molecule has 0 aromatic carbocycles. The molecule has 10 heavy (non-hydrogen) atoms. The molecule has 0 aromatic rings. The Balaban J connectivity index is 0. The summed E-state index contributed by atoms with van der Waals surface area (Å²) >= 11 is 4.52. The molecule has 0 aliphatic carbocycles. The van der Waals surface area contributed by atoms with Gasteiger partial charge in [-0.25, -0.2) is 0 Å². The molecule has 0 spiro atoms. The van der Waals surface area contributed by atoms with Crippen molar-refractivity contribution in [1.82, 2.24) is 0 Å². The summed E-state index contributed by atoms with van der Waals surface area (Å²) < 4.78 is 27.9. The summed E-state index contributed by atoms with van der Waals surface area (Å²) in [7, 11) is -3.54. The Bertz CT molecular complexity index is 144. The van der Waals surface area contributed by atoms with Crippen molar-refractivity contribution in [1.29, 1.82) is 0 Å². The van der Waals surface area contributed by atoms with Crippen molar-refractivity contribution in [3.63, 3.8) is 0 Å². The van der Waals surface area contributed by atoms with E-state index in [1.807, 2.05) is 0 Å². The van der Waals surface area contributed by atoms with Gasteiger partial charge in [0.15, 0.2) is 0 Å². The molecule has 7 heteroatoms. The van der Waals surface area contributed by atoms with E-state index >= 15 is 0 Å². The van der Waals surface area contributed by atoms with E-state index in [9.17, 15) is 8.42 Å². The summed E-state index contributed by atoms with van der Waals surface area (Å²) in [4.78, 5) is 0. The van der Waals surface area contributed by atoms with E-state index in [0.717, 1.165) is 0 Å². The molecule has 0 saturated carbocycles. The second-order valence-electron chi connectivity index (χ2n) is 1.39. The first-order valence-electron chi connectivity index (χ1n) is 2.32. The third-order valence-electron chi connectivity index (χ3n) is 0.584. The number of halogens is 1. The van der Waals surface area contributed by atoms with E-state index in [1.54, 1.807) is 6.92 Å². The molecule has 0 atom stereocenters. The fourth-order valence-corrected chi connectivity index (χ4v) is 1.20. The van der Waals surface area contributed by atoms with Crippen LogP contribution in [0.5, 0.6) is 0 Å². The summed E-state index contributed by atoms with van der Waals surface area (Å²) in [6.45, 7) is 1.70. The van der Waals surface area contributed by atoms with Gasteiger partial charge in [0.25, 0.3) is 10.1 Å². The van der Waals surface area contributed by atoms with Crippen molar-refractivity contribution in [2.45, 2.75) is 13.3 Å². The molecular formula is C3H7ClNaO4S. The second-order valence-corrected chi connectivity index (χ2v) is 3.18. The molecule has 4 nitrogen and oxygen atoms in total. The molecule has 57 valence electrons. The van der Waals surface area contributed by atoms with E-state index in [1.165, 1.54) is 0 Å². The van der Waals surface area contributed by atoms with Crippen molar-refractivity contribution in [2.24, 2.45) is 0 Å². The smallest absolute Gasteiger partial charge is 0.197 e. The summed E-state index contributed by atoms with van der Waals surface area (Å²) in [6, 6.07) is 0. The average Bonchev–Trinajstić information content (AvgIpc) is 1.64.